The van der Waals surface area contributed by atoms with Crippen LogP contribution in [-0.4, -0.2) is 30.2 Å². The van der Waals surface area contributed by atoms with Gasteiger partial charge in [-0.3, -0.25) is 0 Å². The zero-order valence-corrected chi connectivity index (χ0v) is 13.5. The van der Waals surface area contributed by atoms with E-state index in [1.54, 1.807) is 0 Å². The molecule has 0 aliphatic rings. The maximum Gasteiger partial charge on any atom is 0.0948 e. The van der Waals surface area contributed by atoms with Gasteiger partial charge in [-0.2, -0.15) is 0 Å². The monoisotopic (exact) mass is 286 g/mol. The van der Waals surface area contributed by atoms with Crippen LogP contribution >= 0.6 is 0 Å². The largest absolute Gasteiger partial charge is 0.375 e. The van der Waals surface area contributed by atoms with Crippen LogP contribution in [0.15, 0.2) is 42.9 Å². The van der Waals surface area contributed by atoms with Gasteiger partial charge in [-0.25, -0.2) is 4.98 Å². The van der Waals surface area contributed by atoms with Crippen molar-refractivity contribution in [2.45, 2.75) is 32.4 Å². The minimum absolute atomic E-state index is 0.0537. The summed E-state index contributed by atoms with van der Waals surface area (Å²) in [4.78, 5) is 6.59. The molecule has 0 saturated carbocycles. The van der Waals surface area contributed by atoms with Crippen molar-refractivity contribution in [1.82, 2.24) is 14.9 Å². The molecule has 0 spiro atoms. The fourth-order valence-electron chi connectivity index (χ4n) is 2.44. The Balaban J connectivity index is 1.91. The predicted molar refractivity (Wildman–Crippen MR) is 88.6 cm³/mol. The first-order chi connectivity index (χ1) is 10.0. The molecule has 0 aliphatic carbocycles. The maximum absolute atomic E-state index is 4.30. The Morgan fingerprint density at radius 1 is 1.24 bits per heavy atom. The van der Waals surface area contributed by atoms with Gasteiger partial charge in [0, 0.05) is 32.0 Å². The van der Waals surface area contributed by atoms with Gasteiger partial charge < -0.3 is 14.8 Å². The van der Waals surface area contributed by atoms with Crippen molar-refractivity contribution >= 4 is 5.69 Å². The van der Waals surface area contributed by atoms with Gasteiger partial charge in [0.15, 0.2) is 0 Å². The Bertz CT molecular complexity index is 545. The molecule has 1 aromatic carbocycles. The lowest BCUT2D eigenvalue weighted by molar-refractivity contribution is 0.406. The first-order valence-corrected chi connectivity index (χ1v) is 7.50. The van der Waals surface area contributed by atoms with Crippen molar-refractivity contribution in [2.24, 2.45) is 0 Å². The molecule has 114 valence electrons. The lowest BCUT2D eigenvalue weighted by atomic mass is 10.0. The number of rotatable bonds is 7. The first-order valence-electron chi connectivity index (χ1n) is 7.50. The van der Waals surface area contributed by atoms with E-state index >= 15 is 0 Å². The van der Waals surface area contributed by atoms with Crippen LogP contribution in [0.5, 0.6) is 0 Å². The highest BCUT2D eigenvalue weighted by atomic mass is 15.1. The van der Waals surface area contributed by atoms with Crippen molar-refractivity contribution in [3.8, 4) is 0 Å². The number of anilines is 1. The molecule has 0 amide bonds. The summed E-state index contributed by atoms with van der Waals surface area (Å²) < 4.78 is 2.25. The Kier molecular flexibility index (Phi) is 5.02. The Hall–Kier alpha value is -1.81. The van der Waals surface area contributed by atoms with Crippen LogP contribution in [0, 0.1) is 0 Å². The molecular weight excluding hydrogens is 260 g/mol. The van der Waals surface area contributed by atoms with Crippen LogP contribution in [0.4, 0.5) is 5.69 Å². The number of nitrogens with zero attached hydrogens (tertiary/aromatic N) is 3. The van der Waals surface area contributed by atoms with Crippen molar-refractivity contribution in [3.05, 3.63) is 48.5 Å². The van der Waals surface area contributed by atoms with E-state index in [9.17, 15) is 0 Å². The molecule has 0 radical (unpaired) electrons. The Labute approximate surface area is 127 Å². The first kappa shape index (κ1) is 15.6. The molecule has 1 N–H and O–H groups in total. The molecule has 0 saturated heterocycles. The molecule has 1 aromatic heterocycles. The summed E-state index contributed by atoms with van der Waals surface area (Å²) in [6, 6.07) is 10.5. The highest BCUT2D eigenvalue weighted by molar-refractivity contribution is 5.44. The number of para-hydroxylation sites is 1. The van der Waals surface area contributed by atoms with Gasteiger partial charge in [0.25, 0.3) is 0 Å². The molecule has 0 fully saturated rings. The highest BCUT2D eigenvalue weighted by Crippen LogP contribution is 2.19. The average Bonchev–Trinajstić information content (AvgIpc) is 2.97. The van der Waals surface area contributed by atoms with Crippen molar-refractivity contribution in [2.75, 3.05) is 25.5 Å². The topological polar surface area (TPSA) is 33.1 Å². The summed E-state index contributed by atoms with van der Waals surface area (Å²) in [5, 5.41) is 3.34. The molecule has 2 rings (SSSR count). The summed E-state index contributed by atoms with van der Waals surface area (Å²) in [6.07, 6.45) is 4.98. The quantitative estimate of drug-likeness (QED) is 0.849. The van der Waals surface area contributed by atoms with Crippen molar-refractivity contribution in [3.63, 3.8) is 0 Å². The van der Waals surface area contributed by atoms with Crippen LogP contribution in [0.2, 0.25) is 0 Å². The second kappa shape index (κ2) is 6.76. The number of aryl methyl sites for hydroxylation is 1. The fraction of sp³-hybridized carbons (Fsp3) is 0.471. The van der Waals surface area contributed by atoms with Crippen LogP contribution in [-0.2, 0) is 12.1 Å². The van der Waals surface area contributed by atoms with E-state index in [0.29, 0.717) is 0 Å². The minimum atomic E-state index is -0.0537. The van der Waals surface area contributed by atoms with Gasteiger partial charge in [0.2, 0.25) is 0 Å². The number of nitrogens with one attached hydrogen (secondary N) is 1. The zero-order valence-electron chi connectivity index (χ0n) is 13.5. The number of hydrogen-bond acceptors (Lipinski definition) is 3. The van der Waals surface area contributed by atoms with E-state index in [2.05, 4.69) is 71.0 Å². The third-order valence-corrected chi connectivity index (χ3v) is 4.07. The zero-order chi connectivity index (χ0) is 15.3. The molecule has 0 unspecified atom stereocenters. The number of benzene rings is 1. The average molecular weight is 286 g/mol. The molecule has 1 heterocycles. The van der Waals surface area contributed by atoms with Crippen molar-refractivity contribution < 1.29 is 0 Å². The van der Waals surface area contributed by atoms with Gasteiger partial charge in [-0.1, -0.05) is 18.2 Å². The summed E-state index contributed by atoms with van der Waals surface area (Å²) in [5.41, 5.74) is 2.44. The molecule has 4 heteroatoms. The number of aromatic nitrogens is 2. The third kappa shape index (κ3) is 3.85. The molecule has 4 nitrogen and oxygen atoms in total. The molecule has 0 aliphatic heterocycles. The second-order valence-electron chi connectivity index (χ2n) is 5.96. The van der Waals surface area contributed by atoms with Crippen LogP contribution < -0.4 is 10.2 Å². The molecule has 2 aromatic rings. The summed E-state index contributed by atoms with van der Waals surface area (Å²) in [5.74, 6) is 0. The van der Waals surface area contributed by atoms with Crippen LogP contribution in [0.3, 0.4) is 0 Å². The van der Waals surface area contributed by atoms with Gasteiger partial charge in [-0.15, -0.1) is 0 Å². The van der Waals surface area contributed by atoms with Gasteiger partial charge in [0.05, 0.1) is 17.6 Å². The standard InChI is InChI=1S/C17H26N4/c1-17(2,18-3)16-13-19-14-21(16)12-8-11-20(4)15-9-6-5-7-10-15/h5-7,9-10,13-14,18H,8,11-12H2,1-4H3. The fourth-order valence-corrected chi connectivity index (χ4v) is 2.44. The lowest BCUT2D eigenvalue weighted by Gasteiger charge is -2.26. The van der Waals surface area contributed by atoms with Crippen LogP contribution in [0.25, 0.3) is 0 Å². The smallest absolute Gasteiger partial charge is 0.0948 e. The highest BCUT2D eigenvalue weighted by Gasteiger charge is 2.21. The minimum Gasteiger partial charge on any atom is -0.375 e. The normalized spacial score (nSPS) is 11.6. The second-order valence-corrected chi connectivity index (χ2v) is 5.96. The summed E-state index contributed by atoms with van der Waals surface area (Å²) >= 11 is 0. The number of imidazole rings is 1. The summed E-state index contributed by atoms with van der Waals surface area (Å²) in [6.45, 7) is 6.37. The van der Waals surface area contributed by atoms with E-state index in [0.717, 1.165) is 19.5 Å². The molecule has 21 heavy (non-hydrogen) atoms. The predicted octanol–water partition coefficient (Wildman–Crippen LogP) is 2.86. The van der Waals surface area contributed by atoms with E-state index < -0.39 is 0 Å². The number of hydrogen-bond donors (Lipinski definition) is 1. The van der Waals surface area contributed by atoms with E-state index in [4.69, 9.17) is 0 Å². The van der Waals surface area contributed by atoms with Gasteiger partial charge in [-0.05, 0) is 39.4 Å². The van der Waals surface area contributed by atoms with Gasteiger partial charge in [0.1, 0.15) is 0 Å². The van der Waals surface area contributed by atoms with E-state index in [-0.39, 0.29) is 5.54 Å². The van der Waals surface area contributed by atoms with Crippen molar-refractivity contribution in [1.29, 1.82) is 0 Å². The Morgan fingerprint density at radius 3 is 2.62 bits per heavy atom. The maximum atomic E-state index is 4.30. The Morgan fingerprint density at radius 2 is 1.95 bits per heavy atom. The third-order valence-electron chi connectivity index (χ3n) is 4.07. The summed E-state index contributed by atoms with van der Waals surface area (Å²) in [7, 11) is 4.13. The van der Waals surface area contributed by atoms with E-state index in [1.807, 2.05) is 19.6 Å². The van der Waals surface area contributed by atoms with E-state index in [1.165, 1.54) is 11.4 Å². The molecular formula is C17H26N4. The molecule has 0 bridgehead atoms. The SMILES string of the molecule is CNC(C)(C)c1cncn1CCCN(C)c1ccccc1. The lowest BCUT2D eigenvalue weighted by Crippen LogP contribution is -2.35. The van der Waals surface area contributed by atoms with Crippen LogP contribution in [0.1, 0.15) is 26.0 Å². The van der Waals surface area contributed by atoms with Gasteiger partial charge >= 0.3 is 0 Å². The molecule has 0 atom stereocenters.